The molecule has 4 nitrogen and oxygen atoms in total. The third kappa shape index (κ3) is 2.27. The summed E-state index contributed by atoms with van der Waals surface area (Å²) < 4.78 is 0. The molecular weight excluding hydrogens is 202 g/mol. The second kappa shape index (κ2) is 3.72. The topological polar surface area (TPSA) is 57.8 Å². The highest BCUT2D eigenvalue weighted by atomic mass is 35.5. The van der Waals surface area contributed by atoms with Gasteiger partial charge >= 0.3 is 0 Å². The molecule has 0 saturated heterocycles. The van der Waals surface area contributed by atoms with Crippen molar-refractivity contribution in [3.8, 4) is 12.3 Å². The van der Waals surface area contributed by atoms with Crippen LogP contribution in [-0.2, 0) is 0 Å². The Balaban J connectivity index is 3.06. The first-order valence-corrected chi connectivity index (χ1v) is 4.33. The number of nitrogens with zero attached hydrogens (tertiary/aromatic N) is 1. The molecule has 1 rings (SSSR count). The first kappa shape index (κ1) is 10.6. The van der Waals surface area contributed by atoms with Crippen molar-refractivity contribution in [2.24, 2.45) is 0 Å². The van der Waals surface area contributed by atoms with E-state index in [1.54, 1.807) is 13.8 Å². The molecule has 0 aromatic carbocycles. The summed E-state index contributed by atoms with van der Waals surface area (Å²) in [5.41, 5.74) is -0.582. The van der Waals surface area contributed by atoms with Gasteiger partial charge in [0.1, 0.15) is 5.02 Å². The van der Waals surface area contributed by atoms with E-state index in [2.05, 4.69) is 21.4 Å². The van der Waals surface area contributed by atoms with Crippen LogP contribution in [0.1, 0.15) is 13.8 Å². The Bertz CT molecular complexity index is 430. The van der Waals surface area contributed by atoms with Gasteiger partial charge in [-0.15, -0.1) is 6.42 Å². The van der Waals surface area contributed by atoms with Crippen molar-refractivity contribution in [3.05, 3.63) is 21.6 Å². The fourth-order valence-corrected chi connectivity index (χ4v) is 0.982. The maximum absolute atomic E-state index is 11.1. The van der Waals surface area contributed by atoms with Gasteiger partial charge in [0.2, 0.25) is 0 Å². The summed E-state index contributed by atoms with van der Waals surface area (Å²) in [7, 11) is 0. The molecule has 0 aliphatic heterocycles. The Labute approximate surface area is 86.7 Å². The minimum absolute atomic E-state index is 0.0586. The average molecular weight is 212 g/mol. The van der Waals surface area contributed by atoms with E-state index in [0.717, 1.165) is 0 Å². The van der Waals surface area contributed by atoms with Gasteiger partial charge in [-0.1, -0.05) is 17.5 Å². The van der Waals surface area contributed by atoms with Crippen LogP contribution in [0.2, 0.25) is 5.02 Å². The van der Waals surface area contributed by atoms with Gasteiger partial charge in [-0.3, -0.25) is 4.79 Å². The standard InChI is InChI=1S/C9H10ClN3O/c1-4-9(2,3)12-6-5-11-13-8(14)7(6)10/h1,5H,2-3H3,(H2,12,13,14). The van der Waals surface area contributed by atoms with Crippen LogP contribution in [0.4, 0.5) is 5.69 Å². The van der Waals surface area contributed by atoms with Crippen LogP contribution in [0.25, 0.3) is 0 Å². The molecule has 1 aromatic heterocycles. The van der Waals surface area contributed by atoms with Crippen LogP contribution in [-0.4, -0.2) is 15.7 Å². The van der Waals surface area contributed by atoms with Crippen molar-refractivity contribution in [1.29, 1.82) is 0 Å². The maximum atomic E-state index is 11.1. The fraction of sp³-hybridized carbons (Fsp3) is 0.333. The molecule has 0 radical (unpaired) electrons. The lowest BCUT2D eigenvalue weighted by Gasteiger charge is -2.20. The SMILES string of the molecule is C#CC(C)(C)Nc1cn[nH]c(=O)c1Cl. The molecule has 2 N–H and O–H groups in total. The van der Waals surface area contributed by atoms with E-state index in [4.69, 9.17) is 18.0 Å². The van der Waals surface area contributed by atoms with Gasteiger partial charge in [0, 0.05) is 0 Å². The van der Waals surface area contributed by atoms with E-state index in [1.165, 1.54) is 6.20 Å². The van der Waals surface area contributed by atoms with E-state index in [0.29, 0.717) is 5.69 Å². The molecule has 14 heavy (non-hydrogen) atoms. The first-order valence-electron chi connectivity index (χ1n) is 3.95. The number of rotatable bonds is 2. The average Bonchev–Trinajstić information content (AvgIpc) is 2.13. The van der Waals surface area contributed by atoms with Crippen molar-refractivity contribution < 1.29 is 0 Å². The minimum atomic E-state index is -0.570. The van der Waals surface area contributed by atoms with E-state index in [1.807, 2.05) is 0 Å². The number of H-pyrrole nitrogens is 1. The summed E-state index contributed by atoms with van der Waals surface area (Å²) in [4.78, 5) is 11.1. The number of anilines is 1. The third-order valence-corrected chi connectivity index (χ3v) is 1.98. The van der Waals surface area contributed by atoms with Gasteiger partial charge in [-0.2, -0.15) is 5.10 Å². The second-order valence-corrected chi connectivity index (χ2v) is 3.70. The number of halogens is 1. The summed E-state index contributed by atoms with van der Waals surface area (Å²) in [5, 5.41) is 8.81. The highest BCUT2D eigenvalue weighted by molar-refractivity contribution is 6.32. The predicted octanol–water partition coefficient (Wildman–Crippen LogP) is 1.25. The smallest absolute Gasteiger partial charge is 0.285 e. The van der Waals surface area contributed by atoms with Gasteiger partial charge < -0.3 is 5.32 Å². The first-order chi connectivity index (χ1) is 6.46. The van der Waals surface area contributed by atoms with Crippen LogP contribution < -0.4 is 10.9 Å². The van der Waals surface area contributed by atoms with Crippen LogP contribution in [0.15, 0.2) is 11.0 Å². The molecule has 0 atom stereocenters. The van der Waals surface area contributed by atoms with Crippen molar-refractivity contribution in [2.45, 2.75) is 19.4 Å². The van der Waals surface area contributed by atoms with Gasteiger partial charge in [0.15, 0.2) is 0 Å². The molecule has 1 heterocycles. The number of aromatic nitrogens is 2. The molecule has 0 amide bonds. The predicted molar refractivity (Wildman–Crippen MR) is 56.4 cm³/mol. The zero-order valence-electron chi connectivity index (χ0n) is 7.89. The Kier molecular flexibility index (Phi) is 2.82. The molecule has 5 heteroatoms. The maximum Gasteiger partial charge on any atom is 0.285 e. The molecule has 0 bridgehead atoms. The Morgan fingerprint density at radius 2 is 2.36 bits per heavy atom. The lowest BCUT2D eigenvalue weighted by Crippen LogP contribution is -2.29. The molecule has 0 aliphatic carbocycles. The monoisotopic (exact) mass is 211 g/mol. The molecule has 0 spiro atoms. The zero-order chi connectivity index (χ0) is 10.8. The van der Waals surface area contributed by atoms with E-state index in [-0.39, 0.29) is 5.02 Å². The van der Waals surface area contributed by atoms with Gasteiger partial charge in [-0.25, -0.2) is 5.10 Å². The summed E-state index contributed by atoms with van der Waals surface area (Å²) in [5.74, 6) is 2.53. The number of nitrogens with one attached hydrogen (secondary N) is 2. The summed E-state index contributed by atoms with van der Waals surface area (Å²) >= 11 is 5.74. The normalized spacial score (nSPS) is 10.7. The van der Waals surface area contributed by atoms with Gasteiger partial charge in [0.05, 0.1) is 17.4 Å². The number of hydrogen-bond donors (Lipinski definition) is 2. The zero-order valence-corrected chi connectivity index (χ0v) is 8.64. The van der Waals surface area contributed by atoms with Gasteiger partial charge in [0.25, 0.3) is 5.56 Å². The minimum Gasteiger partial charge on any atom is -0.367 e. The van der Waals surface area contributed by atoms with Crippen LogP contribution in [0.5, 0.6) is 0 Å². The summed E-state index contributed by atoms with van der Waals surface area (Å²) in [6, 6.07) is 0. The Hall–Kier alpha value is -1.47. The lowest BCUT2D eigenvalue weighted by molar-refractivity contribution is 0.739. The summed E-state index contributed by atoms with van der Waals surface area (Å²) in [6.45, 7) is 3.59. The molecule has 74 valence electrons. The second-order valence-electron chi connectivity index (χ2n) is 3.32. The molecule has 0 saturated carbocycles. The third-order valence-electron chi connectivity index (χ3n) is 1.60. The van der Waals surface area contributed by atoms with Crippen LogP contribution >= 0.6 is 11.6 Å². The fourth-order valence-electron chi connectivity index (χ4n) is 0.843. The number of aromatic amines is 1. The van der Waals surface area contributed by atoms with Crippen molar-refractivity contribution >= 4 is 17.3 Å². The molecule has 0 unspecified atom stereocenters. The molecule has 0 fully saturated rings. The van der Waals surface area contributed by atoms with Crippen molar-refractivity contribution in [1.82, 2.24) is 10.2 Å². The molecular formula is C9H10ClN3O. The largest absolute Gasteiger partial charge is 0.367 e. The highest BCUT2D eigenvalue weighted by Crippen LogP contribution is 2.19. The Morgan fingerprint density at radius 1 is 1.71 bits per heavy atom. The van der Waals surface area contributed by atoms with E-state index >= 15 is 0 Å². The van der Waals surface area contributed by atoms with Crippen LogP contribution in [0.3, 0.4) is 0 Å². The van der Waals surface area contributed by atoms with Crippen LogP contribution in [0, 0.1) is 12.3 Å². The molecule has 1 aromatic rings. The van der Waals surface area contributed by atoms with Gasteiger partial charge in [-0.05, 0) is 13.8 Å². The highest BCUT2D eigenvalue weighted by Gasteiger charge is 2.15. The lowest BCUT2D eigenvalue weighted by atomic mass is 10.1. The number of terminal acetylenes is 1. The summed E-state index contributed by atoms with van der Waals surface area (Å²) in [6.07, 6.45) is 6.70. The quantitative estimate of drug-likeness (QED) is 0.724. The van der Waals surface area contributed by atoms with E-state index in [9.17, 15) is 4.79 Å². The molecule has 0 aliphatic rings. The van der Waals surface area contributed by atoms with Crippen molar-refractivity contribution in [3.63, 3.8) is 0 Å². The van der Waals surface area contributed by atoms with E-state index < -0.39 is 11.1 Å². The Morgan fingerprint density at radius 3 is 2.93 bits per heavy atom. The number of hydrogen-bond acceptors (Lipinski definition) is 3. The van der Waals surface area contributed by atoms with Crippen molar-refractivity contribution in [2.75, 3.05) is 5.32 Å².